The molecule has 1 aromatic heterocycles. The lowest BCUT2D eigenvalue weighted by Crippen LogP contribution is -2.26. The van der Waals surface area contributed by atoms with Crippen molar-refractivity contribution in [2.75, 3.05) is 0 Å². The van der Waals surface area contributed by atoms with Crippen molar-refractivity contribution in [3.05, 3.63) is 10.8 Å². The van der Waals surface area contributed by atoms with Gasteiger partial charge in [0.25, 0.3) is 0 Å². The summed E-state index contributed by atoms with van der Waals surface area (Å²) in [7, 11) is 3.65. The molecule has 2 unspecified atom stereocenters. The summed E-state index contributed by atoms with van der Waals surface area (Å²) in [6, 6.07) is 0. The van der Waals surface area contributed by atoms with Gasteiger partial charge in [0.2, 0.25) is 0 Å². The van der Waals surface area contributed by atoms with Crippen LogP contribution in [0.5, 0.6) is 0 Å². The minimum atomic E-state index is -3.87. The van der Waals surface area contributed by atoms with Crippen LogP contribution in [-0.4, -0.2) is 42.8 Å². The zero-order valence-electron chi connectivity index (χ0n) is 12.2. The lowest BCUT2D eigenvalue weighted by Gasteiger charge is -2.16. The molecule has 21 heavy (non-hydrogen) atoms. The summed E-state index contributed by atoms with van der Waals surface area (Å²) in [5.74, 6) is 0. The Labute approximate surface area is 134 Å². The Bertz CT molecular complexity index is 608. The van der Waals surface area contributed by atoms with E-state index in [1.165, 1.54) is 10.8 Å². The lowest BCUT2D eigenvalue weighted by atomic mass is 10.00. The van der Waals surface area contributed by atoms with Crippen molar-refractivity contribution < 1.29 is 16.8 Å². The van der Waals surface area contributed by atoms with Gasteiger partial charge in [-0.05, 0) is 12.8 Å². The molecule has 1 rings (SSSR count). The van der Waals surface area contributed by atoms with Gasteiger partial charge in [0.15, 0.2) is 19.7 Å². The summed E-state index contributed by atoms with van der Waals surface area (Å²) in [5, 5.41) is 0.425. The van der Waals surface area contributed by atoms with Gasteiger partial charge in [-0.2, -0.15) is 0 Å². The van der Waals surface area contributed by atoms with Gasteiger partial charge in [0.1, 0.15) is 0 Å². The third-order valence-electron chi connectivity index (χ3n) is 3.15. The molecule has 1 heterocycles. The first-order chi connectivity index (χ1) is 9.69. The Hall–Kier alpha value is -0.270. The maximum Gasteiger partial charge on any atom is 0.175 e. The number of hydrogen-bond donors (Lipinski definition) is 0. The number of thiophene rings is 1. The number of hydrogen-bond acceptors (Lipinski definition) is 5. The minimum Gasteiger partial charge on any atom is -0.224 e. The first-order valence-electron chi connectivity index (χ1n) is 6.74. The molecule has 0 bridgehead atoms. The SMILES string of the molecule is [B]C(CCC)S(=O)(=O)c1cscc1S(=O)(=O)C([B])CCC. The summed E-state index contributed by atoms with van der Waals surface area (Å²) < 4.78 is 49.6. The molecule has 0 fully saturated rings. The predicted molar refractivity (Wildman–Crippen MR) is 87.6 cm³/mol. The van der Waals surface area contributed by atoms with Gasteiger partial charge in [0.05, 0.1) is 25.5 Å². The van der Waals surface area contributed by atoms with Crippen LogP contribution in [0.15, 0.2) is 20.6 Å². The zero-order valence-corrected chi connectivity index (χ0v) is 14.6. The maximum atomic E-state index is 12.4. The van der Waals surface area contributed by atoms with Crippen molar-refractivity contribution in [2.24, 2.45) is 0 Å². The highest BCUT2D eigenvalue weighted by Gasteiger charge is 2.33. The molecule has 1 aromatic rings. The third-order valence-corrected chi connectivity index (χ3v) is 8.29. The largest absolute Gasteiger partial charge is 0.224 e. The Morgan fingerprint density at radius 3 is 1.52 bits per heavy atom. The molecule has 114 valence electrons. The van der Waals surface area contributed by atoms with E-state index in [0.29, 0.717) is 12.8 Å². The molecule has 0 aliphatic heterocycles. The fraction of sp³-hybridized carbons (Fsp3) is 0.667. The zero-order chi connectivity index (χ0) is 16.3. The molecular formula is C12H18B2O4S3. The van der Waals surface area contributed by atoms with E-state index in [9.17, 15) is 16.8 Å². The van der Waals surface area contributed by atoms with Crippen molar-refractivity contribution in [1.29, 1.82) is 0 Å². The van der Waals surface area contributed by atoms with Gasteiger partial charge in [-0.1, -0.05) is 26.7 Å². The highest BCUT2D eigenvalue weighted by molar-refractivity contribution is 7.96. The van der Waals surface area contributed by atoms with E-state index in [1.54, 1.807) is 0 Å². The van der Waals surface area contributed by atoms with Gasteiger partial charge < -0.3 is 0 Å². The van der Waals surface area contributed by atoms with Crippen LogP contribution in [0.1, 0.15) is 39.5 Å². The number of sulfone groups is 2. The normalized spacial score (nSPS) is 15.7. The summed E-state index contributed by atoms with van der Waals surface area (Å²) >= 11 is 1.02. The second-order valence-corrected chi connectivity index (χ2v) is 9.86. The fourth-order valence-electron chi connectivity index (χ4n) is 1.89. The Kier molecular flexibility index (Phi) is 6.55. The van der Waals surface area contributed by atoms with E-state index in [0.717, 1.165) is 11.3 Å². The average Bonchev–Trinajstić information content (AvgIpc) is 2.89. The molecule has 0 aromatic carbocycles. The van der Waals surface area contributed by atoms with Crippen LogP contribution in [0.3, 0.4) is 0 Å². The molecular weight excluding hydrogens is 326 g/mol. The van der Waals surface area contributed by atoms with Crippen molar-refractivity contribution in [3.63, 3.8) is 0 Å². The standard InChI is InChI=1S/C12H18B2O4S3/c1-3-5-11(13)20(15,16)9-7-19-8-10(9)21(17,18)12(14)6-4-2/h7-8,11-12H,3-6H2,1-2H3. The molecule has 0 saturated heterocycles. The maximum absolute atomic E-state index is 12.4. The Morgan fingerprint density at radius 1 is 0.905 bits per heavy atom. The van der Waals surface area contributed by atoms with Crippen molar-refractivity contribution in [3.8, 4) is 0 Å². The predicted octanol–water partition coefficient (Wildman–Crippen LogP) is 1.88. The van der Waals surface area contributed by atoms with Crippen LogP contribution in [-0.2, 0) is 19.7 Å². The van der Waals surface area contributed by atoms with Crippen LogP contribution in [0.4, 0.5) is 0 Å². The molecule has 0 aliphatic rings. The van der Waals surface area contributed by atoms with E-state index in [2.05, 4.69) is 0 Å². The average molecular weight is 344 g/mol. The molecule has 4 nitrogen and oxygen atoms in total. The lowest BCUT2D eigenvalue weighted by molar-refractivity contribution is 0.575. The van der Waals surface area contributed by atoms with E-state index in [4.69, 9.17) is 15.7 Å². The first-order valence-corrected chi connectivity index (χ1v) is 10.8. The quantitative estimate of drug-likeness (QED) is 0.676. The number of rotatable bonds is 8. The molecule has 0 aliphatic carbocycles. The summed E-state index contributed by atoms with van der Waals surface area (Å²) in [6.45, 7) is 3.63. The molecule has 0 amide bonds. The van der Waals surface area contributed by atoms with E-state index in [1.807, 2.05) is 13.8 Å². The van der Waals surface area contributed by atoms with Gasteiger partial charge in [0, 0.05) is 21.1 Å². The first kappa shape index (κ1) is 18.8. The second kappa shape index (κ2) is 7.33. The molecule has 2 atom stereocenters. The fourth-order valence-corrected chi connectivity index (χ4v) is 7.14. The summed E-state index contributed by atoms with van der Waals surface area (Å²) in [6.07, 6.45) is 1.75. The second-order valence-electron chi connectivity index (χ2n) is 4.84. The van der Waals surface area contributed by atoms with Crippen LogP contribution >= 0.6 is 11.3 Å². The van der Waals surface area contributed by atoms with Gasteiger partial charge in [-0.3, -0.25) is 0 Å². The summed E-state index contributed by atoms with van der Waals surface area (Å²) in [4.78, 5) is -0.444. The Morgan fingerprint density at radius 2 is 1.24 bits per heavy atom. The van der Waals surface area contributed by atoms with E-state index >= 15 is 0 Å². The molecule has 9 heteroatoms. The molecule has 0 saturated carbocycles. The van der Waals surface area contributed by atoms with Crippen molar-refractivity contribution in [1.82, 2.24) is 0 Å². The van der Waals surface area contributed by atoms with Crippen LogP contribution in [0.25, 0.3) is 0 Å². The van der Waals surface area contributed by atoms with Gasteiger partial charge >= 0.3 is 0 Å². The van der Waals surface area contributed by atoms with Crippen LogP contribution in [0.2, 0.25) is 0 Å². The van der Waals surface area contributed by atoms with E-state index in [-0.39, 0.29) is 22.6 Å². The summed E-state index contributed by atoms with van der Waals surface area (Å²) in [5.41, 5.74) is 0. The topological polar surface area (TPSA) is 68.3 Å². The monoisotopic (exact) mass is 344 g/mol. The van der Waals surface area contributed by atoms with E-state index < -0.39 is 30.0 Å². The highest BCUT2D eigenvalue weighted by Crippen LogP contribution is 2.31. The van der Waals surface area contributed by atoms with Gasteiger partial charge in [-0.15, -0.1) is 11.3 Å². The highest BCUT2D eigenvalue weighted by atomic mass is 32.2. The van der Waals surface area contributed by atoms with Crippen LogP contribution in [0, 0.1) is 0 Å². The van der Waals surface area contributed by atoms with Crippen molar-refractivity contribution >= 4 is 46.7 Å². The Balaban J connectivity index is 3.31. The third kappa shape index (κ3) is 3.93. The van der Waals surface area contributed by atoms with Crippen molar-refractivity contribution in [2.45, 2.75) is 59.6 Å². The molecule has 0 N–H and O–H groups in total. The molecule has 0 spiro atoms. The van der Waals surface area contributed by atoms with Gasteiger partial charge in [-0.25, -0.2) is 16.8 Å². The minimum absolute atomic E-state index is 0.222. The smallest absolute Gasteiger partial charge is 0.175 e. The molecule has 4 radical (unpaired) electrons. The van der Waals surface area contributed by atoms with Crippen LogP contribution < -0.4 is 0 Å².